The molecule has 0 saturated carbocycles. The van der Waals surface area contributed by atoms with Crippen molar-refractivity contribution in [3.05, 3.63) is 132 Å². The van der Waals surface area contributed by atoms with E-state index in [-0.39, 0.29) is 11.5 Å². The van der Waals surface area contributed by atoms with Gasteiger partial charge in [-0.2, -0.15) is 0 Å². The van der Waals surface area contributed by atoms with E-state index < -0.39 is 6.04 Å². The SMILES string of the molecule is C=CCn1cc(/C=c2/sc3n(c2=O)C(c2cccs2)C(C(=O)Nc2ccccc2)=C(C)N=3)c2ccccc21. The van der Waals surface area contributed by atoms with Gasteiger partial charge in [0, 0.05) is 39.8 Å². The van der Waals surface area contributed by atoms with Crippen LogP contribution in [0, 0.1) is 0 Å². The first-order valence-corrected chi connectivity index (χ1v) is 13.9. The number of nitrogens with zero attached hydrogens (tertiary/aromatic N) is 3. The molecule has 6 rings (SSSR count). The van der Waals surface area contributed by atoms with Crippen molar-refractivity contribution in [2.24, 2.45) is 4.99 Å². The molecule has 1 amide bonds. The Hall–Kier alpha value is -4.27. The van der Waals surface area contributed by atoms with Crippen molar-refractivity contribution in [2.45, 2.75) is 19.5 Å². The molecule has 3 aromatic heterocycles. The van der Waals surface area contributed by atoms with Crippen molar-refractivity contribution in [3.63, 3.8) is 0 Å². The second kappa shape index (κ2) is 9.89. The first-order valence-electron chi connectivity index (χ1n) is 12.2. The summed E-state index contributed by atoms with van der Waals surface area (Å²) < 4.78 is 4.36. The van der Waals surface area contributed by atoms with Crippen molar-refractivity contribution >= 4 is 51.2 Å². The largest absolute Gasteiger partial charge is 0.343 e. The quantitative estimate of drug-likeness (QED) is 0.308. The maximum atomic E-state index is 13.9. The molecule has 1 aliphatic rings. The predicted molar refractivity (Wildman–Crippen MR) is 155 cm³/mol. The summed E-state index contributed by atoms with van der Waals surface area (Å²) in [7, 11) is 0. The zero-order valence-electron chi connectivity index (χ0n) is 20.6. The maximum Gasteiger partial charge on any atom is 0.271 e. The Labute approximate surface area is 226 Å². The summed E-state index contributed by atoms with van der Waals surface area (Å²) in [5.74, 6) is -0.266. The molecule has 0 fully saturated rings. The number of thiophene rings is 1. The van der Waals surface area contributed by atoms with Crippen LogP contribution >= 0.6 is 22.7 Å². The summed E-state index contributed by atoms with van der Waals surface area (Å²) in [6.07, 6.45) is 5.83. The number of carbonyl (C=O) groups excluding carboxylic acids is 1. The highest BCUT2D eigenvalue weighted by molar-refractivity contribution is 7.10. The molecule has 38 heavy (non-hydrogen) atoms. The van der Waals surface area contributed by atoms with E-state index in [2.05, 4.69) is 28.6 Å². The van der Waals surface area contributed by atoms with Gasteiger partial charge in [-0.3, -0.25) is 14.2 Å². The van der Waals surface area contributed by atoms with Gasteiger partial charge in [-0.25, -0.2) is 4.99 Å². The van der Waals surface area contributed by atoms with Gasteiger partial charge < -0.3 is 9.88 Å². The number of fused-ring (bicyclic) bond motifs is 2. The number of benzene rings is 2. The van der Waals surface area contributed by atoms with Gasteiger partial charge in [0.2, 0.25) is 0 Å². The number of hydrogen-bond acceptors (Lipinski definition) is 5. The predicted octanol–water partition coefficient (Wildman–Crippen LogP) is 5.08. The normalized spacial score (nSPS) is 15.4. The summed E-state index contributed by atoms with van der Waals surface area (Å²) in [6, 6.07) is 20.8. The molecule has 6 nitrogen and oxygen atoms in total. The second-order valence-electron chi connectivity index (χ2n) is 8.96. The first kappa shape index (κ1) is 24.1. The summed E-state index contributed by atoms with van der Waals surface area (Å²) >= 11 is 2.87. The number of allylic oxidation sites excluding steroid dienone is 2. The lowest BCUT2D eigenvalue weighted by molar-refractivity contribution is -0.113. The van der Waals surface area contributed by atoms with Crippen molar-refractivity contribution in [2.75, 3.05) is 5.32 Å². The zero-order valence-corrected chi connectivity index (χ0v) is 22.3. The van der Waals surface area contributed by atoms with Crippen LogP contribution in [0.5, 0.6) is 0 Å². The van der Waals surface area contributed by atoms with Crippen molar-refractivity contribution in [1.82, 2.24) is 9.13 Å². The molecule has 1 aliphatic heterocycles. The standard InChI is InChI=1S/C30H24N4O2S2/c1-3-15-33-18-20(22-12-7-8-13-23(22)33)17-25-29(36)34-27(24-14-9-16-37-24)26(19(2)31-30(34)38-25)28(35)32-21-10-5-4-6-11-21/h3-14,16-18,27H,1,15H2,2H3,(H,32,35)/b25-17+. The maximum absolute atomic E-state index is 13.9. The Bertz CT molecular complexity index is 1890. The number of rotatable bonds is 6. The molecular formula is C30H24N4O2S2. The molecule has 2 aromatic carbocycles. The van der Waals surface area contributed by atoms with Crippen molar-refractivity contribution in [1.29, 1.82) is 0 Å². The number of anilines is 1. The van der Waals surface area contributed by atoms with E-state index in [0.717, 1.165) is 21.3 Å². The van der Waals surface area contributed by atoms with Gasteiger partial charge in [-0.05, 0) is 42.6 Å². The van der Waals surface area contributed by atoms with Gasteiger partial charge in [-0.1, -0.05) is 59.9 Å². The molecule has 4 heterocycles. The fourth-order valence-corrected chi connectivity index (χ4v) is 6.73. The monoisotopic (exact) mass is 536 g/mol. The fourth-order valence-electron chi connectivity index (χ4n) is 4.87. The molecule has 188 valence electrons. The van der Waals surface area contributed by atoms with Crippen LogP contribution in [0.1, 0.15) is 23.4 Å². The Morgan fingerprint density at radius 2 is 1.89 bits per heavy atom. The molecule has 8 heteroatoms. The Kier molecular flexibility index (Phi) is 6.27. The third kappa shape index (κ3) is 4.17. The second-order valence-corrected chi connectivity index (χ2v) is 10.9. The van der Waals surface area contributed by atoms with E-state index in [1.165, 1.54) is 22.7 Å². The average Bonchev–Trinajstić information content (AvgIpc) is 3.64. The van der Waals surface area contributed by atoms with Crippen LogP contribution in [-0.4, -0.2) is 15.0 Å². The number of amides is 1. The minimum Gasteiger partial charge on any atom is -0.343 e. The Morgan fingerprint density at radius 3 is 2.66 bits per heavy atom. The lowest BCUT2D eigenvalue weighted by Gasteiger charge is -2.24. The number of hydrogen-bond donors (Lipinski definition) is 1. The highest BCUT2D eigenvalue weighted by Gasteiger charge is 2.33. The van der Waals surface area contributed by atoms with Gasteiger partial charge in [0.15, 0.2) is 4.80 Å². The molecule has 1 unspecified atom stereocenters. The third-order valence-electron chi connectivity index (χ3n) is 6.54. The summed E-state index contributed by atoms with van der Waals surface area (Å²) in [4.78, 5) is 33.7. The first-order chi connectivity index (χ1) is 18.5. The van der Waals surface area contributed by atoms with Crippen LogP contribution in [-0.2, 0) is 11.3 Å². The smallest absolute Gasteiger partial charge is 0.271 e. The number of carbonyl (C=O) groups is 1. The number of aromatic nitrogens is 2. The van der Waals surface area contributed by atoms with E-state index in [4.69, 9.17) is 4.99 Å². The van der Waals surface area contributed by atoms with E-state index in [1.54, 1.807) is 4.57 Å². The van der Waals surface area contributed by atoms with Gasteiger partial charge in [-0.15, -0.1) is 17.9 Å². The highest BCUT2D eigenvalue weighted by atomic mass is 32.1. The molecule has 5 aromatic rings. The zero-order chi connectivity index (χ0) is 26.2. The van der Waals surface area contributed by atoms with Crippen molar-refractivity contribution < 1.29 is 4.79 Å². The average molecular weight is 537 g/mol. The topological polar surface area (TPSA) is 68.4 Å². The van der Waals surface area contributed by atoms with Crippen molar-refractivity contribution in [3.8, 4) is 0 Å². The molecule has 0 saturated heterocycles. The van der Waals surface area contributed by atoms with Gasteiger partial charge in [0.1, 0.15) is 6.04 Å². The van der Waals surface area contributed by atoms with Gasteiger partial charge in [0.25, 0.3) is 11.5 Å². The summed E-state index contributed by atoms with van der Waals surface area (Å²) in [5, 5.41) is 6.01. The lowest BCUT2D eigenvalue weighted by Crippen LogP contribution is -2.40. The molecule has 1 atom stereocenters. The lowest BCUT2D eigenvalue weighted by atomic mass is 10.0. The highest BCUT2D eigenvalue weighted by Crippen LogP contribution is 2.33. The Balaban J connectivity index is 1.51. The van der Waals surface area contributed by atoms with Crippen LogP contribution in [0.25, 0.3) is 17.0 Å². The number of thiazole rings is 1. The molecule has 0 aliphatic carbocycles. The fraction of sp³-hybridized carbons (Fsp3) is 0.100. The Morgan fingerprint density at radius 1 is 1.11 bits per heavy atom. The van der Waals surface area contributed by atoms with Gasteiger partial charge in [0.05, 0.1) is 15.8 Å². The van der Waals surface area contributed by atoms with Crippen LogP contribution in [0.2, 0.25) is 0 Å². The molecule has 1 N–H and O–H groups in total. The van der Waals surface area contributed by atoms with E-state index in [9.17, 15) is 9.59 Å². The molecule has 0 bridgehead atoms. The summed E-state index contributed by atoms with van der Waals surface area (Å²) in [6.45, 7) is 6.38. The van der Waals surface area contributed by atoms with E-state index in [1.807, 2.05) is 85.2 Å². The number of para-hydroxylation sites is 2. The van der Waals surface area contributed by atoms with Crippen LogP contribution in [0.3, 0.4) is 0 Å². The minimum atomic E-state index is -0.556. The van der Waals surface area contributed by atoms with E-state index in [0.29, 0.717) is 32.8 Å². The third-order valence-corrected chi connectivity index (χ3v) is 8.45. The molecular weight excluding hydrogens is 512 g/mol. The summed E-state index contributed by atoms with van der Waals surface area (Å²) in [5.41, 5.74) is 3.64. The molecule has 0 spiro atoms. The van der Waals surface area contributed by atoms with Gasteiger partial charge >= 0.3 is 0 Å². The minimum absolute atomic E-state index is 0.162. The van der Waals surface area contributed by atoms with Crippen LogP contribution in [0.4, 0.5) is 5.69 Å². The van der Waals surface area contributed by atoms with E-state index >= 15 is 0 Å². The van der Waals surface area contributed by atoms with Crippen LogP contribution in [0.15, 0.2) is 112 Å². The number of nitrogens with one attached hydrogen (secondary N) is 1. The molecule has 0 radical (unpaired) electrons. The van der Waals surface area contributed by atoms with Crippen LogP contribution < -0.4 is 20.2 Å².